The zero-order valence-corrected chi connectivity index (χ0v) is 10.4. The second-order valence-corrected chi connectivity index (χ2v) is 4.05. The molecule has 0 saturated heterocycles. The summed E-state index contributed by atoms with van der Waals surface area (Å²) in [6.07, 6.45) is 2.20. The fourth-order valence-electron chi connectivity index (χ4n) is 1.76. The van der Waals surface area contributed by atoms with E-state index in [0.717, 1.165) is 5.76 Å². The van der Waals surface area contributed by atoms with Crippen LogP contribution >= 0.6 is 0 Å². The predicted octanol–water partition coefficient (Wildman–Crippen LogP) is 2.54. The van der Waals surface area contributed by atoms with Gasteiger partial charge in [-0.2, -0.15) is 0 Å². The molecule has 0 aliphatic rings. The number of aromatic carboxylic acids is 1. The maximum Gasteiger partial charge on any atom is 0.342 e. The molecule has 0 atom stereocenters. The summed E-state index contributed by atoms with van der Waals surface area (Å²) < 4.78 is 5.16. The molecule has 2 aromatic rings. The Kier molecular flexibility index (Phi) is 3.99. The molecule has 1 heterocycles. The number of anilines is 1. The van der Waals surface area contributed by atoms with E-state index in [9.17, 15) is 14.9 Å². The third-order valence-corrected chi connectivity index (χ3v) is 2.71. The minimum Gasteiger partial charge on any atom is -0.477 e. The van der Waals surface area contributed by atoms with Crippen molar-refractivity contribution in [3.63, 3.8) is 0 Å². The molecule has 20 heavy (non-hydrogen) atoms. The minimum atomic E-state index is -1.32. The Morgan fingerprint density at radius 3 is 2.80 bits per heavy atom. The van der Waals surface area contributed by atoms with Crippen molar-refractivity contribution < 1.29 is 19.2 Å². The van der Waals surface area contributed by atoms with E-state index in [0.29, 0.717) is 18.7 Å². The lowest BCUT2D eigenvalue weighted by molar-refractivity contribution is -0.385. The van der Waals surface area contributed by atoms with Crippen molar-refractivity contribution in [1.29, 1.82) is 0 Å². The second-order valence-electron chi connectivity index (χ2n) is 4.05. The normalized spacial score (nSPS) is 10.2. The van der Waals surface area contributed by atoms with Gasteiger partial charge in [0.2, 0.25) is 0 Å². The number of furan rings is 1. The molecular formula is C13H12N2O5. The van der Waals surface area contributed by atoms with Crippen LogP contribution in [0.1, 0.15) is 16.1 Å². The number of nitrogens with one attached hydrogen (secondary N) is 1. The van der Waals surface area contributed by atoms with Gasteiger partial charge in [-0.1, -0.05) is 0 Å². The largest absolute Gasteiger partial charge is 0.477 e. The molecule has 0 amide bonds. The Morgan fingerprint density at radius 1 is 1.40 bits per heavy atom. The number of nitro groups is 1. The zero-order valence-electron chi connectivity index (χ0n) is 10.4. The number of nitrogens with zero attached hydrogens (tertiary/aromatic N) is 1. The Balaban J connectivity index is 2.07. The lowest BCUT2D eigenvalue weighted by Gasteiger charge is -2.06. The summed E-state index contributed by atoms with van der Waals surface area (Å²) in [6, 6.07) is 7.54. The van der Waals surface area contributed by atoms with Crippen molar-refractivity contribution in [2.75, 3.05) is 11.9 Å². The Labute approximate surface area is 114 Å². The average molecular weight is 276 g/mol. The second kappa shape index (κ2) is 5.87. The number of benzene rings is 1. The van der Waals surface area contributed by atoms with Crippen molar-refractivity contribution >= 4 is 17.3 Å². The standard InChI is InChI=1S/C13H12N2O5/c16-13(17)11-4-3-9(8-12(11)15(18)19)14-6-5-10-2-1-7-20-10/h1-4,7-8,14H,5-6H2,(H,16,17). The van der Waals surface area contributed by atoms with Gasteiger partial charge in [-0.15, -0.1) is 0 Å². The summed E-state index contributed by atoms with van der Waals surface area (Å²) in [5.74, 6) is -0.520. The van der Waals surface area contributed by atoms with Crippen molar-refractivity contribution in [3.05, 3.63) is 58.0 Å². The first-order valence-electron chi connectivity index (χ1n) is 5.86. The summed E-state index contributed by atoms with van der Waals surface area (Å²) in [7, 11) is 0. The van der Waals surface area contributed by atoms with Gasteiger partial charge in [0.1, 0.15) is 11.3 Å². The predicted molar refractivity (Wildman–Crippen MR) is 71.0 cm³/mol. The van der Waals surface area contributed by atoms with Crippen molar-refractivity contribution in [3.8, 4) is 0 Å². The van der Waals surface area contributed by atoms with E-state index in [1.165, 1.54) is 18.2 Å². The van der Waals surface area contributed by atoms with Crippen LogP contribution in [0.5, 0.6) is 0 Å². The van der Waals surface area contributed by atoms with Crippen molar-refractivity contribution in [2.24, 2.45) is 0 Å². The number of hydrogen-bond acceptors (Lipinski definition) is 5. The van der Waals surface area contributed by atoms with Crippen LogP contribution in [0, 0.1) is 10.1 Å². The molecule has 0 unspecified atom stereocenters. The van der Waals surface area contributed by atoms with E-state index < -0.39 is 16.6 Å². The summed E-state index contributed by atoms with van der Waals surface area (Å²) >= 11 is 0. The van der Waals surface area contributed by atoms with Crippen molar-refractivity contribution in [2.45, 2.75) is 6.42 Å². The van der Waals surface area contributed by atoms with Crippen LogP contribution in [0.4, 0.5) is 11.4 Å². The van der Waals surface area contributed by atoms with Gasteiger partial charge in [0.05, 0.1) is 11.2 Å². The SMILES string of the molecule is O=C(O)c1ccc(NCCc2ccco2)cc1[N+](=O)[O-]. The Hall–Kier alpha value is -2.83. The van der Waals surface area contributed by atoms with Gasteiger partial charge in [-0.3, -0.25) is 10.1 Å². The van der Waals surface area contributed by atoms with Crippen LogP contribution < -0.4 is 5.32 Å². The van der Waals surface area contributed by atoms with Gasteiger partial charge < -0.3 is 14.8 Å². The molecule has 0 bridgehead atoms. The number of hydrogen-bond donors (Lipinski definition) is 2. The minimum absolute atomic E-state index is 0.327. The molecule has 0 saturated carbocycles. The van der Waals surface area contributed by atoms with E-state index in [1.807, 2.05) is 6.07 Å². The molecule has 1 aromatic heterocycles. The highest BCUT2D eigenvalue weighted by atomic mass is 16.6. The third kappa shape index (κ3) is 3.14. The smallest absolute Gasteiger partial charge is 0.342 e. The van der Waals surface area contributed by atoms with Crippen LogP contribution in [0.25, 0.3) is 0 Å². The monoisotopic (exact) mass is 276 g/mol. The summed E-state index contributed by atoms with van der Waals surface area (Å²) in [6.45, 7) is 0.525. The molecule has 7 nitrogen and oxygen atoms in total. The quantitative estimate of drug-likeness (QED) is 0.620. The van der Waals surface area contributed by atoms with Crippen LogP contribution in [0.15, 0.2) is 41.0 Å². The number of rotatable bonds is 6. The molecule has 2 N–H and O–H groups in total. The van der Waals surface area contributed by atoms with Crippen LogP contribution in [-0.2, 0) is 6.42 Å². The lowest BCUT2D eigenvalue weighted by atomic mass is 10.1. The molecule has 0 fully saturated rings. The first kappa shape index (κ1) is 13.6. The molecule has 0 aliphatic carbocycles. The molecule has 0 radical (unpaired) electrons. The van der Waals surface area contributed by atoms with E-state index in [2.05, 4.69) is 5.32 Å². The fraction of sp³-hybridized carbons (Fsp3) is 0.154. The number of carbonyl (C=O) groups is 1. The highest BCUT2D eigenvalue weighted by molar-refractivity contribution is 5.93. The molecule has 1 aromatic carbocycles. The highest BCUT2D eigenvalue weighted by Gasteiger charge is 2.19. The van der Waals surface area contributed by atoms with Gasteiger partial charge in [-0.25, -0.2) is 4.79 Å². The van der Waals surface area contributed by atoms with Crippen molar-refractivity contribution in [1.82, 2.24) is 0 Å². The first-order chi connectivity index (χ1) is 9.58. The molecular weight excluding hydrogens is 264 g/mol. The molecule has 104 valence electrons. The van der Waals surface area contributed by atoms with E-state index in [-0.39, 0.29) is 5.56 Å². The van der Waals surface area contributed by atoms with Crippen LogP contribution in [-0.4, -0.2) is 22.5 Å². The van der Waals surface area contributed by atoms with Gasteiger partial charge in [0.25, 0.3) is 5.69 Å². The number of nitro benzene ring substituents is 1. The molecule has 7 heteroatoms. The zero-order chi connectivity index (χ0) is 14.5. The molecule has 2 rings (SSSR count). The van der Waals surface area contributed by atoms with Crippen LogP contribution in [0.2, 0.25) is 0 Å². The number of carboxylic acid groups (broad SMARTS) is 1. The maximum absolute atomic E-state index is 10.9. The molecule has 0 aliphatic heterocycles. The van der Waals surface area contributed by atoms with E-state index in [4.69, 9.17) is 9.52 Å². The summed E-state index contributed by atoms with van der Waals surface area (Å²) in [5.41, 5.74) is -0.264. The van der Waals surface area contributed by atoms with E-state index >= 15 is 0 Å². The Bertz CT molecular complexity index is 622. The summed E-state index contributed by atoms with van der Waals surface area (Å²) in [4.78, 5) is 21.0. The highest BCUT2D eigenvalue weighted by Crippen LogP contribution is 2.23. The maximum atomic E-state index is 10.9. The topological polar surface area (TPSA) is 106 Å². The van der Waals surface area contributed by atoms with Gasteiger partial charge in [0.15, 0.2) is 0 Å². The van der Waals surface area contributed by atoms with Gasteiger partial charge in [-0.05, 0) is 24.3 Å². The summed E-state index contributed by atoms with van der Waals surface area (Å²) in [5, 5.41) is 22.7. The van der Waals surface area contributed by atoms with Gasteiger partial charge in [0, 0.05) is 24.7 Å². The van der Waals surface area contributed by atoms with Crippen LogP contribution in [0.3, 0.4) is 0 Å². The average Bonchev–Trinajstić information content (AvgIpc) is 2.91. The first-order valence-corrected chi connectivity index (χ1v) is 5.86. The van der Waals surface area contributed by atoms with E-state index in [1.54, 1.807) is 12.3 Å². The third-order valence-electron chi connectivity index (χ3n) is 2.71. The fourth-order valence-corrected chi connectivity index (χ4v) is 1.76. The van der Waals surface area contributed by atoms with Gasteiger partial charge >= 0.3 is 5.97 Å². The molecule has 0 spiro atoms. The number of carboxylic acids is 1. The lowest BCUT2D eigenvalue weighted by Crippen LogP contribution is -2.07. The Morgan fingerprint density at radius 2 is 2.20 bits per heavy atom.